The molecule has 1 unspecified atom stereocenters. The maximum atomic E-state index is 12.0. The lowest BCUT2D eigenvalue weighted by Gasteiger charge is -2.30. The van der Waals surface area contributed by atoms with Crippen molar-refractivity contribution in [3.8, 4) is 0 Å². The summed E-state index contributed by atoms with van der Waals surface area (Å²) in [5.74, 6) is -1.15. The fourth-order valence-corrected chi connectivity index (χ4v) is 10.4. The summed E-state index contributed by atoms with van der Waals surface area (Å²) in [5.41, 5.74) is 6.29. The van der Waals surface area contributed by atoms with E-state index in [9.17, 15) is 30.7 Å². The quantitative estimate of drug-likeness (QED) is 0.0316. The highest BCUT2D eigenvalue weighted by atomic mass is 32.2. The number of fused-ring (bicyclic) bond motifs is 6. The van der Waals surface area contributed by atoms with Gasteiger partial charge in [0, 0.05) is 68.1 Å². The Balaban J connectivity index is 1.32. The molecule has 2 heterocycles. The van der Waals surface area contributed by atoms with Crippen molar-refractivity contribution in [3.05, 3.63) is 126 Å². The standard InChI is InChI=1S/C49H58N2O10S2/c1-48(2)43(50(28-13-9-12-17-45(52)53)41-24-20-37-34-38(63(57,58)59)21-23-39(37)46(41)48)15-10-7-6-8-11-16-44-49(3,27-14-32-62(54,55)56)47-40-22-18-35(26-30-60-4)33-36(40)19-25-42(47)51(44)29-31-61-5/h6-8,10-11,15-16,18-25,33-34H,9,12-14,17,26-32H2,1-5H3,(H2-,52,53,54,55,56,57,58,59)/p+1. The summed E-state index contributed by atoms with van der Waals surface area (Å²) in [4.78, 5) is 13.2. The first kappa shape index (κ1) is 47.5. The smallest absolute Gasteiger partial charge is 0.303 e. The second-order valence-electron chi connectivity index (χ2n) is 17.0. The van der Waals surface area contributed by atoms with Gasteiger partial charge in [-0.2, -0.15) is 21.4 Å². The zero-order valence-corrected chi connectivity index (χ0v) is 38.3. The van der Waals surface area contributed by atoms with Gasteiger partial charge in [-0.1, -0.05) is 60.7 Å². The predicted octanol–water partition coefficient (Wildman–Crippen LogP) is 9.09. The van der Waals surface area contributed by atoms with Crippen LogP contribution in [-0.4, -0.2) is 93.6 Å². The molecule has 12 nitrogen and oxygen atoms in total. The minimum Gasteiger partial charge on any atom is -0.481 e. The maximum Gasteiger partial charge on any atom is 0.303 e. The molecule has 2 aliphatic heterocycles. The molecular formula is C49H59N2O10S2+. The van der Waals surface area contributed by atoms with E-state index in [-0.39, 0.29) is 23.5 Å². The molecule has 0 fully saturated rings. The van der Waals surface area contributed by atoms with Crippen LogP contribution in [0.3, 0.4) is 0 Å². The van der Waals surface area contributed by atoms with Crippen molar-refractivity contribution < 1.29 is 49.9 Å². The number of benzene rings is 4. The molecule has 0 saturated heterocycles. The Kier molecular flexibility index (Phi) is 15.0. The zero-order chi connectivity index (χ0) is 45.6. The first-order valence-corrected chi connectivity index (χ1v) is 24.4. The van der Waals surface area contributed by atoms with Crippen LogP contribution in [0.4, 0.5) is 11.4 Å². The summed E-state index contributed by atoms with van der Waals surface area (Å²) in [6.07, 6.45) is 17.7. The van der Waals surface area contributed by atoms with Gasteiger partial charge in [0.05, 0.1) is 29.3 Å². The van der Waals surface area contributed by atoms with Crippen LogP contribution < -0.4 is 4.90 Å². The monoisotopic (exact) mass is 899 g/mol. The van der Waals surface area contributed by atoms with Crippen LogP contribution in [0.1, 0.15) is 76.0 Å². The summed E-state index contributed by atoms with van der Waals surface area (Å²) < 4.78 is 80.2. The van der Waals surface area contributed by atoms with Crippen LogP contribution in [0, 0.1) is 0 Å². The van der Waals surface area contributed by atoms with Gasteiger partial charge in [0.25, 0.3) is 20.2 Å². The second kappa shape index (κ2) is 19.8. The Hall–Kier alpha value is -4.96. The van der Waals surface area contributed by atoms with Crippen molar-refractivity contribution in [2.45, 2.75) is 81.4 Å². The number of carboxylic acid groups (broad SMARTS) is 1. The van der Waals surface area contributed by atoms with Crippen molar-refractivity contribution in [1.82, 2.24) is 0 Å². The van der Waals surface area contributed by atoms with Gasteiger partial charge in [-0.15, -0.1) is 0 Å². The Labute approximate surface area is 371 Å². The van der Waals surface area contributed by atoms with Crippen LogP contribution >= 0.6 is 0 Å². The summed E-state index contributed by atoms with van der Waals surface area (Å²) in [6.45, 7) is 8.74. The first-order valence-electron chi connectivity index (χ1n) is 21.3. The van der Waals surface area contributed by atoms with Gasteiger partial charge in [-0.25, -0.2) is 0 Å². The third kappa shape index (κ3) is 10.7. The van der Waals surface area contributed by atoms with E-state index in [2.05, 4.69) is 72.7 Å². The summed E-state index contributed by atoms with van der Waals surface area (Å²) >= 11 is 0. The lowest BCUT2D eigenvalue weighted by atomic mass is 9.75. The highest BCUT2D eigenvalue weighted by Crippen LogP contribution is 2.53. The van der Waals surface area contributed by atoms with Crippen molar-refractivity contribution >= 4 is 64.8 Å². The molecule has 0 radical (unpaired) electrons. The van der Waals surface area contributed by atoms with Gasteiger partial charge in [0.2, 0.25) is 5.69 Å². The average molecular weight is 900 g/mol. The lowest BCUT2D eigenvalue weighted by molar-refractivity contribution is -0.438. The molecule has 6 rings (SSSR count). The molecule has 1 atom stereocenters. The molecule has 0 bridgehead atoms. The second-order valence-corrected chi connectivity index (χ2v) is 20.0. The van der Waals surface area contributed by atoms with Crippen molar-refractivity contribution in [2.75, 3.05) is 51.2 Å². The number of nitrogens with zero attached hydrogens (tertiary/aromatic N) is 2. The number of carbonyl (C=O) groups is 1. The van der Waals surface area contributed by atoms with E-state index in [4.69, 9.17) is 14.6 Å². The zero-order valence-electron chi connectivity index (χ0n) is 36.7. The van der Waals surface area contributed by atoms with Crippen LogP contribution in [0.15, 0.2) is 114 Å². The third-order valence-corrected chi connectivity index (χ3v) is 13.9. The minimum atomic E-state index is -4.38. The largest absolute Gasteiger partial charge is 0.481 e. The number of hydrogen-bond donors (Lipinski definition) is 3. The molecule has 2 aliphatic rings. The predicted molar refractivity (Wildman–Crippen MR) is 250 cm³/mol. The molecule has 3 N–H and O–H groups in total. The summed E-state index contributed by atoms with van der Waals surface area (Å²) in [5, 5.41) is 12.9. The van der Waals surface area contributed by atoms with Gasteiger partial charge in [0.1, 0.15) is 6.54 Å². The normalized spacial score (nSPS) is 18.3. The molecule has 0 saturated carbocycles. The van der Waals surface area contributed by atoms with E-state index in [0.717, 1.165) is 74.9 Å². The summed E-state index contributed by atoms with van der Waals surface area (Å²) in [7, 11) is -5.18. The number of rotatable bonds is 21. The molecule has 0 aliphatic carbocycles. The molecule has 0 aromatic heterocycles. The van der Waals surface area contributed by atoms with Gasteiger partial charge < -0.3 is 19.5 Å². The number of methoxy groups -OCH3 is 2. The van der Waals surface area contributed by atoms with Gasteiger partial charge in [0.15, 0.2) is 5.71 Å². The number of allylic oxidation sites excluding steroid dienone is 8. The lowest BCUT2D eigenvalue weighted by Crippen LogP contribution is -2.31. The van der Waals surface area contributed by atoms with Crippen molar-refractivity contribution in [1.29, 1.82) is 0 Å². The van der Waals surface area contributed by atoms with E-state index in [1.54, 1.807) is 20.3 Å². The highest BCUT2D eigenvalue weighted by Gasteiger charge is 2.46. The number of ether oxygens (including phenoxy) is 2. The molecule has 63 heavy (non-hydrogen) atoms. The molecule has 0 amide bonds. The first-order chi connectivity index (χ1) is 29.9. The number of carboxylic acids is 1. The minimum absolute atomic E-state index is 0.118. The van der Waals surface area contributed by atoms with Gasteiger partial charge in [-0.05, 0) is 116 Å². The van der Waals surface area contributed by atoms with Gasteiger partial charge in [-0.3, -0.25) is 13.9 Å². The topological polar surface area (TPSA) is 171 Å². The molecular weight excluding hydrogens is 841 g/mol. The van der Waals surface area contributed by atoms with E-state index >= 15 is 0 Å². The SMILES string of the molecule is COCCc1ccc2c3c(ccc2c1)N(CCOC)C(=CC=CC=CC=CC1=[N+](CCCCCC(=O)O)c2ccc4cc(S(=O)(=O)O)ccc4c2C1(C)C)C3(C)CCCS(=O)(=O)O. The van der Waals surface area contributed by atoms with Crippen LogP contribution in [0.5, 0.6) is 0 Å². The Morgan fingerprint density at radius 2 is 1.46 bits per heavy atom. The Morgan fingerprint density at radius 1 is 0.778 bits per heavy atom. The van der Waals surface area contributed by atoms with Gasteiger partial charge >= 0.3 is 5.97 Å². The van der Waals surface area contributed by atoms with E-state index < -0.39 is 37.0 Å². The molecule has 0 spiro atoms. The van der Waals surface area contributed by atoms with Crippen LogP contribution in [-0.2, 0) is 51.8 Å². The molecule has 4 aromatic carbocycles. The maximum absolute atomic E-state index is 12.0. The number of aliphatic carboxylic acids is 1. The molecule has 336 valence electrons. The number of unbranched alkanes of at least 4 members (excludes halogenated alkanes) is 2. The fraction of sp³-hybridized carbons (Fsp3) is 0.388. The van der Waals surface area contributed by atoms with Crippen LogP contribution in [0.2, 0.25) is 0 Å². The third-order valence-electron chi connectivity index (χ3n) is 12.3. The summed E-state index contributed by atoms with van der Waals surface area (Å²) in [6, 6.07) is 19.2. The van der Waals surface area contributed by atoms with Crippen molar-refractivity contribution in [3.63, 3.8) is 0 Å². The van der Waals surface area contributed by atoms with Crippen LogP contribution in [0.25, 0.3) is 21.5 Å². The fourth-order valence-electron chi connectivity index (χ4n) is 9.34. The highest BCUT2D eigenvalue weighted by molar-refractivity contribution is 7.86. The molecule has 14 heteroatoms. The van der Waals surface area contributed by atoms with Crippen molar-refractivity contribution in [2.24, 2.45) is 0 Å². The number of anilines is 1. The van der Waals surface area contributed by atoms with E-state index in [1.165, 1.54) is 12.1 Å². The Bertz CT molecular complexity index is 2750. The molecule has 4 aromatic rings. The Morgan fingerprint density at radius 3 is 2.17 bits per heavy atom. The van der Waals surface area contributed by atoms with E-state index in [0.29, 0.717) is 44.5 Å². The van der Waals surface area contributed by atoms with E-state index in [1.807, 2.05) is 42.5 Å². The average Bonchev–Trinajstić information content (AvgIpc) is 3.59. The number of hydrogen-bond acceptors (Lipinski definition) is 8.